The average Bonchev–Trinajstić information content (AvgIpc) is 2.53. The Kier molecular flexibility index (Phi) is 5.14. The summed E-state index contributed by atoms with van der Waals surface area (Å²) < 4.78 is 0. The van der Waals surface area contributed by atoms with Crippen LogP contribution in [0.3, 0.4) is 0 Å². The van der Waals surface area contributed by atoms with Crippen molar-refractivity contribution >= 4 is 11.8 Å². The second-order valence-corrected chi connectivity index (χ2v) is 5.51. The maximum atomic E-state index is 12.4. The molecule has 21 heavy (non-hydrogen) atoms. The van der Waals surface area contributed by atoms with E-state index in [1.54, 1.807) is 0 Å². The molecule has 1 unspecified atom stereocenters. The van der Waals surface area contributed by atoms with Gasteiger partial charge in [0.05, 0.1) is 0 Å². The van der Waals surface area contributed by atoms with Crippen LogP contribution < -0.4 is 5.73 Å². The summed E-state index contributed by atoms with van der Waals surface area (Å²) in [5.41, 5.74) is 6.42. The highest BCUT2D eigenvalue weighted by Gasteiger charge is 2.26. The largest absolute Gasteiger partial charge is 0.369 e. The SMILES string of the molecule is C=CC(CC(=O)N1CCC(C(N)=O)CC1)c1ccccc1. The summed E-state index contributed by atoms with van der Waals surface area (Å²) in [6.07, 6.45) is 3.59. The molecule has 4 heteroatoms. The van der Waals surface area contributed by atoms with Crippen LogP contribution in [0.15, 0.2) is 43.0 Å². The molecular weight excluding hydrogens is 264 g/mol. The van der Waals surface area contributed by atoms with Crippen LogP contribution in [0.1, 0.15) is 30.7 Å². The first-order valence-corrected chi connectivity index (χ1v) is 7.36. The van der Waals surface area contributed by atoms with E-state index in [2.05, 4.69) is 6.58 Å². The minimum atomic E-state index is -0.254. The zero-order chi connectivity index (χ0) is 15.2. The Labute approximate surface area is 125 Å². The van der Waals surface area contributed by atoms with Crippen molar-refractivity contribution in [3.8, 4) is 0 Å². The molecule has 1 saturated heterocycles. The summed E-state index contributed by atoms with van der Waals surface area (Å²) in [5.74, 6) is -0.187. The van der Waals surface area contributed by atoms with Crippen molar-refractivity contribution in [3.63, 3.8) is 0 Å². The van der Waals surface area contributed by atoms with Gasteiger partial charge in [-0.2, -0.15) is 0 Å². The highest BCUT2D eigenvalue weighted by Crippen LogP contribution is 2.23. The van der Waals surface area contributed by atoms with Crippen molar-refractivity contribution in [3.05, 3.63) is 48.6 Å². The summed E-state index contributed by atoms with van der Waals surface area (Å²) in [4.78, 5) is 25.4. The summed E-state index contributed by atoms with van der Waals surface area (Å²) >= 11 is 0. The Balaban J connectivity index is 1.92. The quantitative estimate of drug-likeness (QED) is 0.842. The summed E-state index contributed by atoms with van der Waals surface area (Å²) in [6, 6.07) is 9.92. The molecule has 0 radical (unpaired) electrons. The van der Waals surface area contributed by atoms with Crippen LogP contribution in [-0.2, 0) is 9.59 Å². The number of likely N-dealkylation sites (tertiary alicyclic amines) is 1. The lowest BCUT2D eigenvalue weighted by Gasteiger charge is -2.31. The topological polar surface area (TPSA) is 63.4 Å². The van der Waals surface area contributed by atoms with Gasteiger partial charge in [0.25, 0.3) is 0 Å². The molecule has 1 atom stereocenters. The number of nitrogens with two attached hydrogens (primary N) is 1. The monoisotopic (exact) mass is 286 g/mol. The molecule has 1 fully saturated rings. The zero-order valence-corrected chi connectivity index (χ0v) is 12.2. The molecule has 0 bridgehead atoms. The molecule has 2 rings (SSSR count). The van der Waals surface area contributed by atoms with Crippen molar-refractivity contribution in [2.24, 2.45) is 11.7 Å². The van der Waals surface area contributed by atoms with Crippen molar-refractivity contribution < 1.29 is 9.59 Å². The number of nitrogens with zero attached hydrogens (tertiary/aromatic N) is 1. The van der Waals surface area contributed by atoms with Gasteiger partial charge >= 0.3 is 0 Å². The number of hydrogen-bond acceptors (Lipinski definition) is 2. The third-order valence-electron chi connectivity index (χ3n) is 4.16. The first-order chi connectivity index (χ1) is 10.1. The van der Waals surface area contributed by atoms with Gasteiger partial charge in [-0.25, -0.2) is 0 Å². The predicted octanol–water partition coefficient (Wildman–Crippen LogP) is 2.07. The third-order valence-corrected chi connectivity index (χ3v) is 4.16. The van der Waals surface area contributed by atoms with E-state index in [1.165, 1.54) is 0 Å². The van der Waals surface area contributed by atoms with Gasteiger partial charge in [-0.1, -0.05) is 36.4 Å². The molecule has 0 aromatic heterocycles. The van der Waals surface area contributed by atoms with E-state index in [1.807, 2.05) is 41.3 Å². The average molecular weight is 286 g/mol. The molecule has 1 aromatic rings. The number of rotatable bonds is 5. The second-order valence-electron chi connectivity index (χ2n) is 5.51. The molecular formula is C17H22N2O2. The highest BCUT2D eigenvalue weighted by molar-refractivity contribution is 5.79. The Morgan fingerprint density at radius 3 is 2.43 bits per heavy atom. The summed E-state index contributed by atoms with van der Waals surface area (Å²) in [7, 11) is 0. The molecule has 0 spiro atoms. The maximum absolute atomic E-state index is 12.4. The van der Waals surface area contributed by atoms with Gasteiger partial charge in [0, 0.05) is 31.3 Å². The van der Waals surface area contributed by atoms with E-state index in [-0.39, 0.29) is 23.7 Å². The fourth-order valence-corrected chi connectivity index (χ4v) is 2.77. The molecule has 1 heterocycles. The van der Waals surface area contributed by atoms with Gasteiger partial charge < -0.3 is 10.6 Å². The Morgan fingerprint density at radius 2 is 1.90 bits per heavy atom. The van der Waals surface area contributed by atoms with Gasteiger partial charge in [-0.3, -0.25) is 9.59 Å². The molecule has 0 saturated carbocycles. The van der Waals surface area contributed by atoms with Gasteiger partial charge in [0.15, 0.2) is 0 Å². The number of benzene rings is 1. The fourth-order valence-electron chi connectivity index (χ4n) is 2.77. The number of allylic oxidation sites excluding steroid dienone is 1. The zero-order valence-electron chi connectivity index (χ0n) is 12.2. The smallest absolute Gasteiger partial charge is 0.223 e. The van der Waals surface area contributed by atoms with Crippen LogP contribution in [0, 0.1) is 5.92 Å². The number of hydrogen-bond donors (Lipinski definition) is 1. The molecule has 1 aromatic carbocycles. The van der Waals surface area contributed by atoms with E-state index >= 15 is 0 Å². The van der Waals surface area contributed by atoms with Crippen LogP contribution >= 0.6 is 0 Å². The highest BCUT2D eigenvalue weighted by atomic mass is 16.2. The number of piperidine rings is 1. The van der Waals surface area contributed by atoms with Crippen molar-refractivity contribution in [1.82, 2.24) is 4.90 Å². The molecule has 4 nitrogen and oxygen atoms in total. The molecule has 0 aliphatic carbocycles. The lowest BCUT2D eigenvalue weighted by Crippen LogP contribution is -2.42. The first kappa shape index (κ1) is 15.3. The summed E-state index contributed by atoms with van der Waals surface area (Å²) in [5, 5.41) is 0. The lowest BCUT2D eigenvalue weighted by molar-refractivity contribution is -0.135. The van der Waals surface area contributed by atoms with Crippen LogP contribution in [-0.4, -0.2) is 29.8 Å². The number of carbonyl (C=O) groups is 2. The van der Waals surface area contributed by atoms with Gasteiger partial charge in [0.1, 0.15) is 0 Å². The number of amides is 2. The Bertz CT molecular complexity index is 505. The number of primary amides is 1. The van der Waals surface area contributed by atoms with E-state index in [4.69, 9.17) is 5.73 Å². The van der Waals surface area contributed by atoms with Gasteiger partial charge in [0.2, 0.25) is 11.8 Å². The van der Waals surface area contributed by atoms with E-state index in [0.29, 0.717) is 32.4 Å². The fraction of sp³-hybridized carbons (Fsp3) is 0.412. The van der Waals surface area contributed by atoms with E-state index < -0.39 is 0 Å². The predicted molar refractivity (Wildman–Crippen MR) is 82.5 cm³/mol. The summed E-state index contributed by atoms with van der Waals surface area (Å²) in [6.45, 7) is 5.07. The molecule has 2 amide bonds. The minimum absolute atomic E-state index is 0.0348. The Hall–Kier alpha value is -2.10. The van der Waals surface area contributed by atoms with Crippen LogP contribution in [0.25, 0.3) is 0 Å². The van der Waals surface area contributed by atoms with Crippen LogP contribution in [0.4, 0.5) is 0 Å². The molecule has 2 N–H and O–H groups in total. The maximum Gasteiger partial charge on any atom is 0.223 e. The Morgan fingerprint density at radius 1 is 1.29 bits per heavy atom. The molecule has 1 aliphatic rings. The van der Waals surface area contributed by atoms with Crippen molar-refractivity contribution in [2.75, 3.05) is 13.1 Å². The molecule has 112 valence electrons. The van der Waals surface area contributed by atoms with E-state index in [0.717, 1.165) is 5.56 Å². The van der Waals surface area contributed by atoms with Gasteiger partial charge in [-0.05, 0) is 18.4 Å². The minimum Gasteiger partial charge on any atom is -0.369 e. The van der Waals surface area contributed by atoms with Crippen molar-refractivity contribution in [1.29, 1.82) is 0 Å². The number of carbonyl (C=O) groups excluding carboxylic acids is 2. The lowest BCUT2D eigenvalue weighted by atomic mass is 9.93. The molecule has 1 aliphatic heterocycles. The van der Waals surface area contributed by atoms with E-state index in [9.17, 15) is 9.59 Å². The second kappa shape index (κ2) is 7.07. The van der Waals surface area contributed by atoms with Gasteiger partial charge in [-0.15, -0.1) is 6.58 Å². The van der Waals surface area contributed by atoms with Crippen LogP contribution in [0.2, 0.25) is 0 Å². The van der Waals surface area contributed by atoms with Crippen molar-refractivity contribution in [2.45, 2.75) is 25.2 Å². The first-order valence-electron chi connectivity index (χ1n) is 7.36. The third kappa shape index (κ3) is 3.94. The van der Waals surface area contributed by atoms with Crippen LogP contribution in [0.5, 0.6) is 0 Å². The normalized spacial score (nSPS) is 17.2. The standard InChI is InChI=1S/C17H22N2O2/c1-2-13(14-6-4-3-5-7-14)12-16(20)19-10-8-15(9-11-19)17(18)21/h2-7,13,15H,1,8-12H2,(H2,18,21).